The molecule has 0 saturated heterocycles. The third kappa shape index (κ3) is 2.43. The summed E-state index contributed by atoms with van der Waals surface area (Å²) in [5.41, 5.74) is 1.07. The van der Waals surface area contributed by atoms with Gasteiger partial charge in [-0.05, 0) is 37.0 Å². The topological polar surface area (TPSA) is 55.8 Å². The zero-order chi connectivity index (χ0) is 13.5. The highest BCUT2D eigenvalue weighted by Crippen LogP contribution is 2.49. The molecule has 1 aliphatic carbocycles. The SMILES string of the molecule is O=C(O)CCCc1cc2c(cc1Br)OC1(CCC1)O2. The lowest BCUT2D eigenvalue weighted by Gasteiger charge is -2.35. The van der Waals surface area contributed by atoms with Crippen LogP contribution in [0, 0.1) is 0 Å². The number of hydrogen-bond acceptors (Lipinski definition) is 3. The molecular formula is C14H15BrO4. The van der Waals surface area contributed by atoms with Crippen molar-refractivity contribution in [2.24, 2.45) is 0 Å². The van der Waals surface area contributed by atoms with Crippen molar-refractivity contribution in [3.05, 3.63) is 22.2 Å². The fourth-order valence-electron chi connectivity index (χ4n) is 2.45. The molecule has 1 aromatic rings. The zero-order valence-electron chi connectivity index (χ0n) is 10.4. The maximum atomic E-state index is 10.5. The van der Waals surface area contributed by atoms with Crippen LogP contribution in [0.3, 0.4) is 0 Å². The van der Waals surface area contributed by atoms with E-state index < -0.39 is 11.8 Å². The van der Waals surface area contributed by atoms with E-state index in [1.165, 1.54) is 0 Å². The van der Waals surface area contributed by atoms with Crippen LogP contribution in [0.15, 0.2) is 16.6 Å². The quantitative estimate of drug-likeness (QED) is 0.919. The highest BCUT2D eigenvalue weighted by molar-refractivity contribution is 9.10. The molecule has 1 spiro atoms. The van der Waals surface area contributed by atoms with Crippen molar-refractivity contribution in [1.82, 2.24) is 0 Å². The molecule has 0 unspecified atom stereocenters. The minimum absolute atomic E-state index is 0.185. The Bertz CT molecular complexity index is 522. The fourth-order valence-corrected chi connectivity index (χ4v) is 2.97. The third-order valence-electron chi connectivity index (χ3n) is 3.66. The van der Waals surface area contributed by atoms with E-state index in [9.17, 15) is 4.79 Å². The van der Waals surface area contributed by atoms with E-state index in [0.717, 1.165) is 47.2 Å². The summed E-state index contributed by atoms with van der Waals surface area (Å²) >= 11 is 3.51. The highest BCUT2D eigenvalue weighted by Gasteiger charge is 2.47. The Hall–Kier alpha value is -1.23. The van der Waals surface area contributed by atoms with Crippen LogP contribution in [-0.4, -0.2) is 16.9 Å². The van der Waals surface area contributed by atoms with Crippen LogP contribution in [0.25, 0.3) is 0 Å². The third-order valence-corrected chi connectivity index (χ3v) is 4.39. The van der Waals surface area contributed by atoms with Crippen molar-refractivity contribution in [2.45, 2.75) is 44.3 Å². The molecule has 0 aromatic heterocycles. The van der Waals surface area contributed by atoms with E-state index in [1.807, 2.05) is 12.1 Å². The highest BCUT2D eigenvalue weighted by atomic mass is 79.9. The minimum Gasteiger partial charge on any atom is -0.481 e. The van der Waals surface area contributed by atoms with Crippen LogP contribution in [0.1, 0.15) is 37.7 Å². The summed E-state index contributed by atoms with van der Waals surface area (Å²) in [5.74, 6) is 0.397. The van der Waals surface area contributed by atoms with E-state index in [0.29, 0.717) is 6.42 Å². The monoisotopic (exact) mass is 326 g/mol. The van der Waals surface area contributed by atoms with Gasteiger partial charge in [-0.1, -0.05) is 15.9 Å². The number of hydrogen-bond donors (Lipinski definition) is 1. The molecule has 0 atom stereocenters. The van der Waals surface area contributed by atoms with Crippen LogP contribution in [0.5, 0.6) is 11.5 Å². The maximum absolute atomic E-state index is 10.5. The van der Waals surface area contributed by atoms with Gasteiger partial charge in [0.05, 0.1) is 0 Å². The number of aliphatic carboxylic acids is 1. The van der Waals surface area contributed by atoms with Crippen molar-refractivity contribution in [3.63, 3.8) is 0 Å². The molecule has 1 saturated carbocycles. The minimum atomic E-state index is -0.759. The largest absolute Gasteiger partial charge is 0.481 e. The predicted octanol–water partition coefficient (Wildman–Crippen LogP) is 3.51. The van der Waals surface area contributed by atoms with Gasteiger partial charge in [0.15, 0.2) is 11.5 Å². The van der Waals surface area contributed by atoms with Gasteiger partial charge >= 0.3 is 5.97 Å². The second-order valence-corrected chi connectivity index (χ2v) is 5.96. The summed E-state index contributed by atoms with van der Waals surface area (Å²) in [6, 6.07) is 3.90. The van der Waals surface area contributed by atoms with Gasteiger partial charge in [-0.25, -0.2) is 0 Å². The number of benzene rings is 1. The molecule has 4 nitrogen and oxygen atoms in total. The van der Waals surface area contributed by atoms with Gasteiger partial charge in [0, 0.05) is 23.7 Å². The summed E-state index contributed by atoms with van der Waals surface area (Å²) in [6.45, 7) is 0. The summed E-state index contributed by atoms with van der Waals surface area (Å²) in [5, 5.41) is 8.67. The number of rotatable bonds is 4. The first-order valence-electron chi connectivity index (χ1n) is 6.50. The van der Waals surface area contributed by atoms with Gasteiger partial charge < -0.3 is 14.6 Å². The first-order chi connectivity index (χ1) is 9.08. The Labute approximate surface area is 119 Å². The number of aryl methyl sites for hydroxylation is 1. The van der Waals surface area contributed by atoms with Gasteiger partial charge in [0.2, 0.25) is 0 Å². The average Bonchev–Trinajstić information content (AvgIpc) is 2.67. The molecule has 1 aromatic carbocycles. The zero-order valence-corrected chi connectivity index (χ0v) is 12.0. The first kappa shape index (κ1) is 12.8. The van der Waals surface area contributed by atoms with E-state index >= 15 is 0 Å². The van der Waals surface area contributed by atoms with Crippen molar-refractivity contribution < 1.29 is 19.4 Å². The molecule has 0 amide bonds. The number of halogens is 1. The lowest BCUT2D eigenvalue weighted by atomic mass is 9.91. The second-order valence-electron chi connectivity index (χ2n) is 5.11. The normalized spacial score (nSPS) is 18.4. The van der Waals surface area contributed by atoms with Gasteiger partial charge in [-0.15, -0.1) is 0 Å². The Morgan fingerprint density at radius 2 is 2.00 bits per heavy atom. The van der Waals surface area contributed by atoms with Crippen LogP contribution in [0.2, 0.25) is 0 Å². The summed E-state index contributed by atoms with van der Waals surface area (Å²) < 4.78 is 12.7. The van der Waals surface area contributed by atoms with Crippen LogP contribution >= 0.6 is 15.9 Å². The van der Waals surface area contributed by atoms with E-state index in [1.54, 1.807) is 0 Å². The van der Waals surface area contributed by atoms with Gasteiger partial charge in [-0.2, -0.15) is 0 Å². The van der Waals surface area contributed by atoms with Crippen molar-refractivity contribution in [1.29, 1.82) is 0 Å². The molecule has 3 rings (SSSR count). The molecular weight excluding hydrogens is 312 g/mol. The van der Waals surface area contributed by atoms with Crippen LogP contribution in [0.4, 0.5) is 0 Å². The maximum Gasteiger partial charge on any atom is 0.303 e. The molecule has 5 heteroatoms. The number of carboxylic acids is 1. The lowest BCUT2D eigenvalue weighted by molar-refractivity contribution is -0.138. The summed E-state index contributed by atoms with van der Waals surface area (Å²) in [4.78, 5) is 10.5. The smallest absolute Gasteiger partial charge is 0.303 e. The number of fused-ring (bicyclic) bond motifs is 1. The molecule has 1 aliphatic heterocycles. The Kier molecular flexibility index (Phi) is 3.17. The molecule has 102 valence electrons. The van der Waals surface area contributed by atoms with Gasteiger partial charge in [-0.3, -0.25) is 4.79 Å². The van der Waals surface area contributed by atoms with Crippen LogP contribution in [-0.2, 0) is 11.2 Å². The average molecular weight is 327 g/mol. The van der Waals surface area contributed by atoms with E-state index in [-0.39, 0.29) is 6.42 Å². The second kappa shape index (κ2) is 4.71. The summed E-state index contributed by atoms with van der Waals surface area (Å²) in [7, 11) is 0. The first-order valence-corrected chi connectivity index (χ1v) is 7.30. The Morgan fingerprint density at radius 3 is 2.58 bits per heavy atom. The standard InChI is InChI=1S/C14H15BrO4/c15-10-8-12-11(18-14(19-12)5-2-6-14)7-9(10)3-1-4-13(16)17/h7-8H,1-6H2,(H,16,17). The van der Waals surface area contributed by atoms with E-state index in [4.69, 9.17) is 14.6 Å². The van der Waals surface area contributed by atoms with Crippen molar-refractivity contribution in [2.75, 3.05) is 0 Å². The molecule has 1 N–H and O–H groups in total. The van der Waals surface area contributed by atoms with Gasteiger partial charge in [0.25, 0.3) is 5.79 Å². The number of carbonyl (C=O) groups is 1. The molecule has 19 heavy (non-hydrogen) atoms. The Morgan fingerprint density at radius 1 is 1.32 bits per heavy atom. The molecule has 0 bridgehead atoms. The number of carboxylic acid groups (broad SMARTS) is 1. The fraction of sp³-hybridized carbons (Fsp3) is 0.500. The van der Waals surface area contributed by atoms with Gasteiger partial charge in [0.1, 0.15) is 0 Å². The molecule has 1 heterocycles. The number of ether oxygens (including phenoxy) is 2. The van der Waals surface area contributed by atoms with Crippen molar-refractivity contribution in [3.8, 4) is 11.5 Å². The lowest BCUT2D eigenvalue weighted by Crippen LogP contribution is -2.45. The molecule has 0 radical (unpaired) electrons. The predicted molar refractivity (Wildman–Crippen MR) is 72.6 cm³/mol. The molecule has 1 fully saturated rings. The summed E-state index contributed by atoms with van der Waals surface area (Å²) in [6.07, 6.45) is 4.54. The molecule has 2 aliphatic rings. The van der Waals surface area contributed by atoms with E-state index in [2.05, 4.69) is 15.9 Å². The Balaban J connectivity index is 1.73. The van der Waals surface area contributed by atoms with Crippen LogP contribution < -0.4 is 9.47 Å². The van der Waals surface area contributed by atoms with Crippen molar-refractivity contribution >= 4 is 21.9 Å².